The topological polar surface area (TPSA) is 116 Å². The first-order chi connectivity index (χ1) is 14.4. The molecule has 0 aliphatic heterocycles. The normalized spacial score (nSPS) is 13.1. The van der Waals surface area contributed by atoms with Gasteiger partial charge in [-0.3, -0.25) is 4.98 Å². The minimum Gasteiger partial charge on any atom is -0.507 e. The van der Waals surface area contributed by atoms with E-state index in [1.54, 1.807) is 36.7 Å². The highest BCUT2D eigenvalue weighted by atomic mass is 16.9. The second kappa shape index (κ2) is 9.39. The summed E-state index contributed by atoms with van der Waals surface area (Å²) < 4.78 is 5.40. The molecule has 2 aromatic heterocycles. The molecule has 3 rings (SSSR count). The first-order valence-electron chi connectivity index (χ1n) is 9.85. The zero-order chi connectivity index (χ0) is 21.7. The third kappa shape index (κ3) is 4.94. The number of hydrogen-bond donors (Lipinski definition) is 1. The highest BCUT2D eigenvalue weighted by molar-refractivity contribution is 5.97. The molecule has 0 radical (unpaired) electrons. The molecule has 0 saturated carbocycles. The van der Waals surface area contributed by atoms with Crippen LogP contribution in [0.3, 0.4) is 0 Å². The second-order valence-corrected chi connectivity index (χ2v) is 7.45. The molecule has 8 nitrogen and oxygen atoms in total. The summed E-state index contributed by atoms with van der Waals surface area (Å²) in [5, 5.41) is 20.7. The predicted molar refractivity (Wildman–Crippen MR) is 112 cm³/mol. The molecule has 8 heteroatoms. The summed E-state index contributed by atoms with van der Waals surface area (Å²) in [6.07, 6.45) is 5.50. The van der Waals surface area contributed by atoms with E-state index in [9.17, 15) is 20.0 Å². The number of hydrogen-bond acceptors (Lipinski definition) is 7. The van der Waals surface area contributed by atoms with Gasteiger partial charge in [0, 0.05) is 24.0 Å². The summed E-state index contributed by atoms with van der Waals surface area (Å²) in [4.78, 5) is 30.7. The molecule has 30 heavy (non-hydrogen) atoms. The molecular weight excluding hydrogens is 388 g/mol. The first-order valence-corrected chi connectivity index (χ1v) is 9.85. The highest BCUT2D eigenvalue weighted by Gasteiger charge is 2.19. The Morgan fingerprint density at radius 1 is 1.20 bits per heavy atom. The van der Waals surface area contributed by atoms with E-state index in [1.807, 2.05) is 6.92 Å². The second-order valence-electron chi connectivity index (χ2n) is 7.45. The van der Waals surface area contributed by atoms with E-state index in [2.05, 4.69) is 16.7 Å². The van der Waals surface area contributed by atoms with Gasteiger partial charge in [-0.2, -0.15) is 0 Å². The van der Waals surface area contributed by atoms with Crippen molar-refractivity contribution in [2.75, 3.05) is 6.61 Å². The Labute approximate surface area is 173 Å². The van der Waals surface area contributed by atoms with E-state index in [-0.39, 0.29) is 24.2 Å². The van der Waals surface area contributed by atoms with Crippen LogP contribution in [0.2, 0.25) is 0 Å². The van der Waals surface area contributed by atoms with Crippen molar-refractivity contribution in [1.82, 2.24) is 4.98 Å². The Bertz CT molecular complexity index is 1080. The van der Waals surface area contributed by atoms with Crippen molar-refractivity contribution in [3.8, 4) is 16.9 Å². The molecule has 158 valence electrons. The van der Waals surface area contributed by atoms with Crippen LogP contribution >= 0.6 is 0 Å². The van der Waals surface area contributed by atoms with Gasteiger partial charge in [0.25, 0.3) is 5.09 Å². The Balaban J connectivity index is 1.84. The van der Waals surface area contributed by atoms with Crippen molar-refractivity contribution in [3.05, 3.63) is 68.8 Å². The van der Waals surface area contributed by atoms with Crippen LogP contribution in [0, 0.1) is 16.0 Å². The van der Waals surface area contributed by atoms with Crippen molar-refractivity contribution < 1.29 is 19.4 Å². The molecule has 2 atom stereocenters. The van der Waals surface area contributed by atoms with Gasteiger partial charge in [0.2, 0.25) is 0 Å². The minimum absolute atomic E-state index is 0.0523. The molecule has 2 heterocycles. The lowest BCUT2D eigenvalue weighted by molar-refractivity contribution is -0.757. The molecule has 0 amide bonds. The lowest BCUT2D eigenvalue weighted by Gasteiger charge is -2.21. The molecule has 1 N–H and O–H groups in total. The van der Waals surface area contributed by atoms with Gasteiger partial charge >= 0.3 is 5.63 Å². The van der Waals surface area contributed by atoms with E-state index < -0.39 is 10.7 Å². The Kier molecular flexibility index (Phi) is 6.66. The number of phenolic OH excluding ortho intramolecular Hbond substituents is 1. The number of rotatable bonds is 9. The molecular formula is C22H24N2O6. The van der Waals surface area contributed by atoms with Crippen LogP contribution in [0.4, 0.5) is 0 Å². The quantitative estimate of drug-likeness (QED) is 0.235. The Morgan fingerprint density at radius 2 is 1.93 bits per heavy atom. The van der Waals surface area contributed by atoms with Crippen LogP contribution in [-0.2, 0) is 4.84 Å². The summed E-state index contributed by atoms with van der Waals surface area (Å²) in [6, 6.07) is 8.43. The fourth-order valence-electron chi connectivity index (χ4n) is 3.61. The summed E-state index contributed by atoms with van der Waals surface area (Å²) in [5.74, 6) is 0.399. The highest BCUT2D eigenvalue weighted by Crippen LogP contribution is 2.38. The molecule has 0 aliphatic carbocycles. The molecule has 0 fully saturated rings. The van der Waals surface area contributed by atoms with E-state index in [1.165, 1.54) is 6.07 Å². The monoisotopic (exact) mass is 412 g/mol. The van der Waals surface area contributed by atoms with Gasteiger partial charge in [-0.05, 0) is 53.6 Å². The smallest absolute Gasteiger partial charge is 0.336 e. The van der Waals surface area contributed by atoms with E-state index in [4.69, 9.17) is 4.42 Å². The molecule has 0 bridgehead atoms. The van der Waals surface area contributed by atoms with Crippen molar-refractivity contribution in [3.63, 3.8) is 0 Å². The SMILES string of the molecule is CC(CCCCO[N+](=O)[O-])C(C)c1cc(O)c2c(-c3ccncc3)cc(=O)oc2c1. The van der Waals surface area contributed by atoms with Crippen LogP contribution in [0.15, 0.2) is 51.9 Å². The maximum atomic E-state index is 12.1. The van der Waals surface area contributed by atoms with Gasteiger partial charge in [0.05, 0.1) is 12.0 Å². The fourth-order valence-corrected chi connectivity index (χ4v) is 3.61. The average molecular weight is 412 g/mol. The molecule has 0 aliphatic rings. The van der Waals surface area contributed by atoms with Crippen LogP contribution < -0.4 is 5.63 Å². The number of fused-ring (bicyclic) bond motifs is 1. The van der Waals surface area contributed by atoms with Gasteiger partial charge in [0.1, 0.15) is 11.3 Å². The third-order valence-electron chi connectivity index (χ3n) is 5.47. The molecule has 2 unspecified atom stereocenters. The molecule has 0 spiro atoms. The van der Waals surface area contributed by atoms with Gasteiger partial charge in [-0.25, -0.2) is 4.79 Å². The average Bonchev–Trinajstić information content (AvgIpc) is 2.72. The van der Waals surface area contributed by atoms with Gasteiger partial charge in [-0.1, -0.05) is 26.7 Å². The van der Waals surface area contributed by atoms with Crippen LogP contribution in [0.25, 0.3) is 22.1 Å². The van der Waals surface area contributed by atoms with Gasteiger partial charge in [-0.15, -0.1) is 10.1 Å². The maximum Gasteiger partial charge on any atom is 0.336 e. The number of benzene rings is 1. The number of pyridine rings is 1. The third-order valence-corrected chi connectivity index (χ3v) is 5.47. The molecule has 1 aromatic carbocycles. The summed E-state index contributed by atoms with van der Waals surface area (Å²) in [5.41, 5.74) is 2.08. The fraction of sp³-hybridized carbons (Fsp3) is 0.364. The summed E-state index contributed by atoms with van der Waals surface area (Å²) in [6.45, 7) is 4.22. The van der Waals surface area contributed by atoms with Crippen molar-refractivity contribution in [1.29, 1.82) is 0 Å². The molecule has 0 saturated heterocycles. The number of aromatic nitrogens is 1. The van der Waals surface area contributed by atoms with Crippen LogP contribution in [0.1, 0.15) is 44.6 Å². The maximum absolute atomic E-state index is 12.1. The van der Waals surface area contributed by atoms with Crippen LogP contribution in [-0.4, -0.2) is 21.8 Å². The Morgan fingerprint density at radius 3 is 2.63 bits per heavy atom. The lowest BCUT2D eigenvalue weighted by atomic mass is 9.85. The Hall–Kier alpha value is -3.42. The lowest BCUT2D eigenvalue weighted by Crippen LogP contribution is -2.08. The van der Waals surface area contributed by atoms with Crippen molar-refractivity contribution >= 4 is 11.0 Å². The van der Waals surface area contributed by atoms with Crippen LogP contribution in [0.5, 0.6) is 5.75 Å². The van der Waals surface area contributed by atoms with Gasteiger partial charge < -0.3 is 14.4 Å². The zero-order valence-electron chi connectivity index (χ0n) is 16.9. The first kappa shape index (κ1) is 21.3. The van der Waals surface area contributed by atoms with E-state index in [0.717, 1.165) is 24.0 Å². The van der Waals surface area contributed by atoms with E-state index >= 15 is 0 Å². The molecule has 3 aromatic rings. The predicted octanol–water partition coefficient (Wildman–Crippen LogP) is 4.68. The van der Waals surface area contributed by atoms with Gasteiger partial charge in [0.15, 0.2) is 0 Å². The standard InChI is InChI=1S/C22H24N2O6/c1-14(5-3-4-10-29-24(27)28)15(2)17-11-19(25)22-18(16-6-8-23-9-7-16)13-21(26)30-20(22)12-17/h6-9,11-15,25H,3-5,10H2,1-2H3. The number of nitrogens with zero attached hydrogens (tertiary/aromatic N) is 2. The number of phenols is 1. The minimum atomic E-state index is -0.780. The van der Waals surface area contributed by atoms with Crippen molar-refractivity contribution in [2.45, 2.75) is 39.0 Å². The zero-order valence-corrected chi connectivity index (χ0v) is 16.9. The summed E-state index contributed by atoms with van der Waals surface area (Å²) >= 11 is 0. The number of aromatic hydroxyl groups is 1. The number of unbranched alkanes of at least 4 members (excludes halogenated alkanes) is 1. The summed E-state index contributed by atoms with van der Waals surface area (Å²) in [7, 11) is 0. The largest absolute Gasteiger partial charge is 0.507 e. The van der Waals surface area contributed by atoms with E-state index in [0.29, 0.717) is 23.0 Å². The van der Waals surface area contributed by atoms with Crippen molar-refractivity contribution in [2.24, 2.45) is 5.92 Å².